The van der Waals surface area contributed by atoms with E-state index in [0.717, 1.165) is 0 Å². The van der Waals surface area contributed by atoms with Gasteiger partial charge < -0.3 is 15.3 Å². The number of halogens is 1. The van der Waals surface area contributed by atoms with E-state index in [1.165, 1.54) is 24.1 Å². The molecule has 0 aliphatic carbocycles. The summed E-state index contributed by atoms with van der Waals surface area (Å²) in [5.74, 6) is -1.60. The molecule has 2 amide bonds. The number of carbonyl (C=O) groups excluding carboxylic acids is 1. The minimum absolute atomic E-state index is 0.172. The summed E-state index contributed by atoms with van der Waals surface area (Å²) in [6.45, 7) is 3.84. The average molecular weight is 296 g/mol. The second-order valence-electron chi connectivity index (χ2n) is 5.14. The molecule has 0 saturated heterocycles. The van der Waals surface area contributed by atoms with Gasteiger partial charge in [-0.25, -0.2) is 14.0 Å². The summed E-state index contributed by atoms with van der Waals surface area (Å²) in [5, 5.41) is 11.6. The molecule has 0 aliphatic heterocycles. The molecule has 116 valence electrons. The lowest BCUT2D eigenvalue weighted by Gasteiger charge is -2.24. The Balaban J connectivity index is 2.67. The molecule has 0 aromatic heterocycles. The summed E-state index contributed by atoms with van der Waals surface area (Å²) >= 11 is 0. The lowest BCUT2D eigenvalue weighted by Crippen LogP contribution is -2.49. The van der Waals surface area contributed by atoms with Crippen LogP contribution in [0.2, 0.25) is 0 Å². The van der Waals surface area contributed by atoms with Gasteiger partial charge in [-0.1, -0.05) is 32.4 Å². The molecule has 0 aliphatic rings. The zero-order valence-corrected chi connectivity index (χ0v) is 12.5. The third-order valence-corrected chi connectivity index (χ3v) is 3.41. The Hall–Kier alpha value is -2.11. The molecule has 0 radical (unpaired) electrons. The fourth-order valence-corrected chi connectivity index (χ4v) is 1.91. The summed E-state index contributed by atoms with van der Waals surface area (Å²) < 4.78 is 13.1. The van der Waals surface area contributed by atoms with Crippen LogP contribution in [0.25, 0.3) is 0 Å². The van der Waals surface area contributed by atoms with Crippen LogP contribution in [0.4, 0.5) is 9.18 Å². The zero-order chi connectivity index (χ0) is 16.0. The van der Waals surface area contributed by atoms with Crippen molar-refractivity contribution in [3.05, 3.63) is 35.6 Å². The molecule has 2 atom stereocenters. The molecule has 1 rings (SSSR count). The van der Waals surface area contributed by atoms with Gasteiger partial charge >= 0.3 is 12.0 Å². The fraction of sp³-hybridized carbons (Fsp3) is 0.467. The van der Waals surface area contributed by atoms with Gasteiger partial charge in [0.15, 0.2) is 0 Å². The van der Waals surface area contributed by atoms with Crippen molar-refractivity contribution in [1.29, 1.82) is 0 Å². The predicted molar refractivity (Wildman–Crippen MR) is 77.3 cm³/mol. The van der Waals surface area contributed by atoms with Crippen molar-refractivity contribution in [2.24, 2.45) is 5.92 Å². The Morgan fingerprint density at radius 1 is 1.43 bits per heavy atom. The molecular weight excluding hydrogens is 275 g/mol. The van der Waals surface area contributed by atoms with E-state index < -0.39 is 18.0 Å². The molecule has 0 spiro atoms. The summed E-state index contributed by atoms with van der Waals surface area (Å²) in [6, 6.07) is 4.51. The molecule has 0 heterocycles. The Bertz CT molecular complexity index is 507. The standard InChI is InChI=1S/C15H21FN2O3/c1-4-10(2)13(14(19)20)17-15(21)18(3)9-11-6-5-7-12(16)8-11/h5-8,10,13H,4,9H2,1-3H3,(H,17,21)(H,19,20). The number of hydrogen-bond donors (Lipinski definition) is 2. The monoisotopic (exact) mass is 296 g/mol. The molecule has 5 nitrogen and oxygen atoms in total. The third-order valence-electron chi connectivity index (χ3n) is 3.41. The van der Waals surface area contributed by atoms with Gasteiger partial charge in [0, 0.05) is 13.6 Å². The number of rotatable bonds is 6. The maximum absolute atomic E-state index is 13.1. The van der Waals surface area contributed by atoms with Gasteiger partial charge in [0.2, 0.25) is 0 Å². The molecule has 21 heavy (non-hydrogen) atoms. The summed E-state index contributed by atoms with van der Waals surface area (Å²) in [4.78, 5) is 24.5. The van der Waals surface area contributed by atoms with Crippen molar-refractivity contribution in [2.75, 3.05) is 7.05 Å². The SMILES string of the molecule is CCC(C)C(NC(=O)N(C)Cc1cccc(F)c1)C(=O)O. The van der Waals surface area contributed by atoms with Gasteiger partial charge in [0.1, 0.15) is 11.9 Å². The van der Waals surface area contributed by atoms with E-state index in [4.69, 9.17) is 5.11 Å². The van der Waals surface area contributed by atoms with E-state index in [-0.39, 0.29) is 18.3 Å². The van der Waals surface area contributed by atoms with Crippen molar-refractivity contribution in [3.63, 3.8) is 0 Å². The highest BCUT2D eigenvalue weighted by molar-refractivity contribution is 5.82. The van der Waals surface area contributed by atoms with E-state index in [1.807, 2.05) is 6.92 Å². The molecule has 0 saturated carbocycles. The van der Waals surface area contributed by atoms with Crippen LogP contribution in [-0.2, 0) is 11.3 Å². The smallest absolute Gasteiger partial charge is 0.326 e. The minimum atomic E-state index is -1.06. The molecule has 1 aromatic rings. The van der Waals surface area contributed by atoms with Crippen LogP contribution in [0, 0.1) is 11.7 Å². The Morgan fingerprint density at radius 3 is 2.62 bits per heavy atom. The Kier molecular flexibility index (Phi) is 6.14. The first-order chi connectivity index (χ1) is 9.85. The predicted octanol–water partition coefficient (Wildman–Crippen LogP) is 2.47. The molecule has 1 aromatic carbocycles. The van der Waals surface area contributed by atoms with Gasteiger partial charge in [-0.05, 0) is 23.6 Å². The van der Waals surface area contributed by atoms with Crippen molar-refractivity contribution in [2.45, 2.75) is 32.9 Å². The summed E-state index contributed by atoms with van der Waals surface area (Å²) in [7, 11) is 1.54. The van der Waals surface area contributed by atoms with Crippen molar-refractivity contribution < 1.29 is 19.1 Å². The first-order valence-electron chi connectivity index (χ1n) is 6.84. The fourth-order valence-electron chi connectivity index (χ4n) is 1.91. The maximum Gasteiger partial charge on any atom is 0.326 e. The number of nitrogens with one attached hydrogen (secondary N) is 1. The van der Waals surface area contributed by atoms with Crippen LogP contribution >= 0.6 is 0 Å². The van der Waals surface area contributed by atoms with Gasteiger partial charge in [-0.2, -0.15) is 0 Å². The third kappa shape index (κ3) is 5.06. The van der Waals surface area contributed by atoms with Crippen LogP contribution in [0.5, 0.6) is 0 Å². The van der Waals surface area contributed by atoms with Gasteiger partial charge in [0.05, 0.1) is 0 Å². The number of amides is 2. The zero-order valence-electron chi connectivity index (χ0n) is 12.5. The van der Waals surface area contributed by atoms with E-state index in [9.17, 15) is 14.0 Å². The number of carboxylic acid groups (broad SMARTS) is 1. The van der Waals surface area contributed by atoms with Crippen molar-refractivity contribution >= 4 is 12.0 Å². The highest BCUT2D eigenvalue weighted by Crippen LogP contribution is 2.10. The number of urea groups is 1. The number of nitrogens with zero attached hydrogens (tertiary/aromatic N) is 1. The number of benzene rings is 1. The van der Waals surface area contributed by atoms with Crippen LogP contribution in [-0.4, -0.2) is 35.1 Å². The number of hydrogen-bond acceptors (Lipinski definition) is 2. The van der Waals surface area contributed by atoms with E-state index in [1.54, 1.807) is 19.1 Å². The summed E-state index contributed by atoms with van der Waals surface area (Å²) in [6.07, 6.45) is 0.644. The van der Waals surface area contributed by atoms with Gasteiger partial charge in [0.25, 0.3) is 0 Å². The molecule has 2 unspecified atom stereocenters. The number of carbonyl (C=O) groups is 2. The molecule has 2 N–H and O–H groups in total. The first-order valence-corrected chi connectivity index (χ1v) is 6.84. The molecular formula is C15H21FN2O3. The van der Waals surface area contributed by atoms with Crippen molar-refractivity contribution in [1.82, 2.24) is 10.2 Å². The normalized spacial score (nSPS) is 13.3. The molecule has 0 bridgehead atoms. The highest BCUT2D eigenvalue weighted by Gasteiger charge is 2.26. The number of aliphatic carboxylic acids is 1. The largest absolute Gasteiger partial charge is 0.480 e. The maximum atomic E-state index is 13.1. The van der Waals surface area contributed by atoms with Crippen LogP contribution in [0.1, 0.15) is 25.8 Å². The lowest BCUT2D eigenvalue weighted by atomic mass is 9.99. The molecule has 6 heteroatoms. The topological polar surface area (TPSA) is 69.6 Å². The Morgan fingerprint density at radius 2 is 2.10 bits per heavy atom. The first kappa shape index (κ1) is 16.9. The second-order valence-corrected chi connectivity index (χ2v) is 5.14. The van der Waals surface area contributed by atoms with Crippen LogP contribution in [0.3, 0.4) is 0 Å². The van der Waals surface area contributed by atoms with Crippen LogP contribution in [0.15, 0.2) is 24.3 Å². The van der Waals surface area contributed by atoms with Gasteiger partial charge in [-0.3, -0.25) is 0 Å². The van der Waals surface area contributed by atoms with Gasteiger partial charge in [-0.15, -0.1) is 0 Å². The average Bonchev–Trinajstić information content (AvgIpc) is 2.43. The Labute approximate surface area is 123 Å². The minimum Gasteiger partial charge on any atom is -0.480 e. The van der Waals surface area contributed by atoms with E-state index >= 15 is 0 Å². The van der Waals surface area contributed by atoms with E-state index in [2.05, 4.69) is 5.32 Å². The quantitative estimate of drug-likeness (QED) is 0.847. The number of carboxylic acids is 1. The van der Waals surface area contributed by atoms with E-state index in [0.29, 0.717) is 12.0 Å². The molecule has 0 fully saturated rings. The van der Waals surface area contributed by atoms with Crippen molar-refractivity contribution in [3.8, 4) is 0 Å². The van der Waals surface area contributed by atoms with Crippen LogP contribution < -0.4 is 5.32 Å². The summed E-state index contributed by atoms with van der Waals surface area (Å²) in [5.41, 5.74) is 0.642. The second kappa shape index (κ2) is 7.61. The lowest BCUT2D eigenvalue weighted by molar-refractivity contribution is -0.140. The highest BCUT2D eigenvalue weighted by atomic mass is 19.1.